The lowest BCUT2D eigenvalue weighted by atomic mass is 10.2. The summed E-state index contributed by atoms with van der Waals surface area (Å²) in [4.78, 5) is 20.7. The molecule has 1 heterocycles. The maximum Gasteiger partial charge on any atom is 0.277 e. The lowest BCUT2D eigenvalue weighted by Gasteiger charge is -2.09. The van der Waals surface area contributed by atoms with Crippen LogP contribution in [0, 0.1) is 12.7 Å². The Labute approximate surface area is 131 Å². The van der Waals surface area contributed by atoms with Crippen LogP contribution in [0.5, 0.6) is 0 Å². The van der Waals surface area contributed by atoms with Gasteiger partial charge in [0.25, 0.3) is 5.91 Å². The van der Waals surface area contributed by atoms with Gasteiger partial charge in [-0.3, -0.25) is 4.79 Å². The minimum atomic E-state index is -0.488. The Morgan fingerprint density at radius 2 is 1.82 bits per heavy atom. The Kier molecular flexibility index (Phi) is 3.73. The number of rotatable bonds is 2. The number of aromatic nitrogens is 2. The number of aryl methyl sites for hydroxylation is 1. The second-order valence-electron chi connectivity index (χ2n) is 4.77. The fraction of sp³-hybridized carbons (Fsp3) is 0.0625. The Balaban J connectivity index is 1.96. The minimum absolute atomic E-state index is 0.0240. The summed E-state index contributed by atoms with van der Waals surface area (Å²) in [5, 5.41) is 2.69. The molecule has 0 saturated heterocycles. The Bertz CT molecular complexity index is 882. The molecule has 0 atom stereocenters. The number of hydrogen-bond donors (Lipinski definition) is 1. The second-order valence-corrected chi connectivity index (χ2v) is 5.12. The van der Waals surface area contributed by atoms with E-state index in [2.05, 4.69) is 15.3 Å². The van der Waals surface area contributed by atoms with Crippen molar-refractivity contribution in [3.05, 3.63) is 64.7 Å². The van der Waals surface area contributed by atoms with Gasteiger partial charge in [0.2, 0.25) is 0 Å². The van der Waals surface area contributed by atoms with Crippen LogP contribution in [0.2, 0.25) is 5.15 Å². The van der Waals surface area contributed by atoms with Crippen LogP contribution < -0.4 is 5.32 Å². The molecule has 1 aromatic heterocycles. The molecule has 3 rings (SSSR count). The monoisotopic (exact) mass is 315 g/mol. The fourth-order valence-electron chi connectivity index (χ4n) is 2.07. The van der Waals surface area contributed by atoms with Crippen molar-refractivity contribution in [2.24, 2.45) is 0 Å². The van der Waals surface area contributed by atoms with E-state index in [4.69, 9.17) is 11.6 Å². The molecule has 3 aromatic rings. The third-order valence-corrected chi connectivity index (χ3v) is 3.44. The molecule has 110 valence electrons. The van der Waals surface area contributed by atoms with Crippen molar-refractivity contribution in [1.82, 2.24) is 9.97 Å². The van der Waals surface area contributed by atoms with Gasteiger partial charge in [0.1, 0.15) is 5.82 Å². The smallest absolute Gasteiger partial charge is 0.277 e. The zero-order valence-electron chi connectivity index (χ0n) is 11.6. The molecule has 0 spiro atoms. The third-order valence-electron chi connectivity index (χ3n) is 3.18. The van der Waals surface area contributed by atoms with E-state index < -0.39 is 5.91 Å². The molecule has 1 amide bonds. The summed E-state index contributed by atoms with van der Waals surface area (Å²) in [6.45, 7) is 1.70. The molecule has 6 heteroatoms. The SMILES string of the molecule is Cc1cc(F)ccc1NC(=O)c1nc2ccccc2nc1Cl. The highest BCUT2D eigenvalue weighted by atomic mass is 35.5. The molecule has 0 radical (unpaired) electrons. The number of halogens is 2. The number of nitrogens with one attached hydrogen (secondary N) is 1. The van der Waals surface area contributed by atoms with E-state index in [0.717, 1.165) is 0 Å². The summed E-state index contributed by atoms with van der Waals surface area (Å²) in [6.07, 6.45) is 0. The van der Waals surface area contributed by atoms with E-state index in [0.29, 0.717) is 22.3 Å². The summed E-state index contributed by atoms with van der Waals surface area (Å²) in [5.74, 6) is -0.850. The van der Waals surface area contributed by atoms with E-state index in [1.807, 2.05) is 6.07 Å². The summed E-state index contributed by atoms with van der Waals surface area (Å²) in [6, 6.07) is 11.2. The number of hydrogen-bond acceptors (Lipinski definition) is 3. The maximum absolute atomic E-state index is 13.1. The highest BCUT2D eigenvalue weighted by molar-refractivity contribution is 6.33. The third kappa shape index (κ3) is 2.76. The molecular weight excluding hydrogens is 305 g/mol. The lowest BCUT2D eigenvalue weighted by molar-refractivity contribution is 0.102. The summed E-state index contributed by atoms with van der Waals surface area (Å²) < 4.78 is 13.1. The van der Waals surface area contributed by atoms with E-state index in [1.54, 1.807) is 25.1 Å². The highest BCUT2D eigenvalue weighted by Gasteiger charge is 2.16. The second kappa shape index (κ2) is 5.69. The molecule has 1 N–H and O–H groups in total. The minimum Gasteiger partial charge on any atom is -0.320 e. The normalized spacial score (nSPS) is 10.7. The van der Waals surface area contributed by atoms with Crippen LogP contribution in [-0.4, -0.2) is 15.9 Å². The molecule has 0 aliphatic carbocycles. The molecule has 0 bridgehead atoms. The van der Waals surface area contributed by atoms with Crippen LogP contribution in [0.4, 0.5) is 10.1 Å². The van der Waals surface area contributed by atoms with Gasteiger partial charge in [-0.15, -0.1) is 0 Å². The Morgan fingerprint density at radius 3 is 2.50 bits per heavy atom. The Hall–Kier alpha value is -2.53. The first kappa shape index (κ1) is 14.4. The topological polar surface area (TPSA) is 54.9 Å². The van der Waals surface area contributed by atoms with Gasteiger partial charge >= 0.3 is 0 Å². The summed E-state index contributed by atoms with van der Waals surface area (Å²) in [5.41, 5.74) is 2.33. The van der Waals surface area contributed by atoms with Gasteiger partial charge in [-0.1, -0.05) is 23.7 Å². The largest absolute Gasteiger partial charge is 0.320 e. The first-order valence-electron chi connectivity index (χ1n) is 6.54. The average molecular weight is 316 g/mol. The number of anilines is 1. The predicted molar refractivity (Wildman–Crippen MR) is 83.6 cm³/mol. The van der Waals surface area contributed by atoms with Crippen LogP contribution >= 0.6 is 11.6 Å². The number of fused-ring (bicyclic) bond motifs is 1. The molecule has 0 fully saturated rings. The van der Waals surface area contributed by atoms with Crippen LogP contribution in [-0.2, 0) is 0 Å². The number of nitrogens with zero attached hydrogens (tertiary/aromatic N) is 2. The van der Waals surface area contributed by atoms with Crippen molar-refractivity contribution in [2.75, 3.05) is 5.32 Å². The average Bonchev–Trinajstić information content (AvgIpc) is 2.49. The van der Waals surface area contributed by atoms with Crippen molar-refractivity contribution < 1.29 is 9.18 Å². The van der Waals surface area contributed by atoms with Crippen molar-refractivity contribution in [2.45, 2.75) is 6.92 Å². The fourth-order valence-corrected chi connectivity index (χ4v) is 2.29. The van der Waals surface area contributed by atoms with Gasteiger partial charge in [-0.25, -0.2) is 14.4 Å². The van der Waals surface area contributed by atoms with Gasteiger partial charge in [-0.05, 0) is 42.8 Å². The molecule has 4 nitrogen and oxygen atoms in total. The molecular formula is C16H11ClFN3O. The van der Waals surface area contributed by atoms with Gasteiger partial charge in [0, 0.05) is 5.69 Å². The first-order chi connectivity index (χ1) is 10.5. The first-order valence-corrected chi connectivity index (χ1v) is 6.92. The highest BCUT2D eigenvalue weighted by Crippen LogP contribution is 2.20. The number of carbonyl (C=O) groups is 1. The van der Waals surface area contributed by atoms with E-state index in [-0.39, 0.29) is 16.7 Å². The van der Waals surface area contributed by atoms with Crippen LogP contribution in [0.25, 0.3) is 11.0 Å². The lowest BCUT2D eigenvalue weighted by Crippen LogP contribution is -2.16. The number of benzene rings is 2. The summed E-state index contributed by atoms with van der Waals surface area (Å²) >= 11 is 6.03. The van der Waals surface area contributed by atoms with E-state index >= 15 is 0 Å². The van der Waals surface area contributed by atoms with Crippen molar-refractivity contribution in [1.29, 1.82) is 0 Å². The predicted octanol–water partition coefficient (Wildman–Crippen LogP) is 3.98. The van der Waals surface area contributed by atoms with Crippen LogP contribution in [0.15, 0.2) is 42.5 Å². The summed E-state index contributed by atoms with van der Waals surface area (Å²) in [7, 11) is 0. The molecule has 0 unspecified atom stereocenters. The van der Waals surface area contributed by atoms with Crippen molar-refractivity contribution >= 4 is 34.2 Å². The number of para-hydroxylation sites is 2. The van der Waals surface area contributed by atoms with Gasteiger partial charge in [0.15, 0.2) is 10.8 Å². The molecule has 0 saturated carbocycles. The van der Waals surface area contributed by atoms with Crippen LogP contribution in [0.1, 0.15) is 16.1 Å². The molecule has 22 heavy (non-hydrogen) atoms. The number of amides is 1. The Morgan fingerprint density at radius 1 is 1.14 bits per heavy atom. The zero-order chi connectivity index (χ0) is 15.7. The van der Waals surface area contributed by atoms with Gasteiger partial charge < -0.3 is 5.32 Å². The van der Waals surface area contributed by atoms with E-state index in [1.165, 1.54) is 18.2 Å². The zero-order valence-corrected chi connectivity index (χ0v) is 12.4. The van der Waals surface area contributed by atoms with Crippen LogP contribution in [0.3, 0.4) is 0 Å². The number of carbonyl (C=O) groups excluding carboxylic acids is 1. The molecule has 2 aromatic carbocycles. The molecule has 0 aliphatic heterocycles. The quantitative estimate of drug-likeness (QED) is 0.778. The maximum atomic E-state index is 13.1. The van der Waals surface area contributed by atoms with Crippen molar-refractivity contribution in [3.8, 4) is 0 Å². The standard InChI is InChI=1S/C16H11ClFN3O/c1-9-8-10(18)6-7-11(9)21-16(22)14-15(17)20-13-5-3-2-4-12(13)19-14/h2-8H,1H3,(H,21,22). The van der Waals surface area contributed by atoms with Gasteiger partial charge in [0.05, 0.1) is 11.0 Å². The van der Waals surface area contributed by atoms with Gasteiger partial charge in [-0.2, -0.15) is 0 Å². The molecule has 0 aliphatic rings. The van der Waals surface area contributed by atoms with E-state index in [9.17, 15) is 9.18 Å². The van der Waals surface area contributed by atoms with Crippen molar-refractivity contribution in [3.63, 3.8) is 0 Å².